The van der Waals surface area contributed by atoms with E-state index >= 15 is 0 Å². The molecule has 0 N–H and O–H groups in total. The third-order valence-electron chi connectivity index (χ3n) is 5.86. The second-order valence-electron chi connectivity index (χ2n) is 7.87. The number of anilines is 2. The highest BCUT2D eigenvalue weighted by atomic mass is 35.5. The minimum atomic E-state index is -0.319. The van der Waals surface area contributed by atoms with Crippen molar-refractivity contribution in [2.75, 3.05) is 49.6 Å². The molecule has 0 saturated carbocycles. The second kappa shape index (κ2) is 8.56. The molecule has 2 heterocycles. The molecule has 2 fully saturated rings. The van der Waals surface area contributed by atoms with E-state index < -0.39 is 0 Å². The number of methoxy groups -OCH3 is 1. The molecule has 2 aromatic rings. The van der Waals surface area contributed by atoms with Crippen LogP contribution in [0.3, 0.4) is 0 Å². The van der Waals surface area contributed by atoms with E-state index in [1.807, 2.05) is 54.3 Å². The molecule has 6 nitrogen and oxygen atoms in total. The van der Waals surface area contributed by atoms with E-state index in [0.29, 0.717) is 30.4 Å². The number of piperazine rings is 1. The predicted molar refractivity (Wildman–Crippen MR) is 118 cm³/mol. The molecular formula is C23H26ClN3O3. The molecular weight excluding hydrogens is 402 g/mol. The Kier molecular flexibility index (Phi) is 5.86. The first-order chi connectivity index (χ1) is 14.5. The fourth-order valence-electron chi connectivity index (χ4n) is 4.23. The quantitative estimate of drug-likeness (QED) is 0.750. The number of hydrogen-bond acceptors (Lipinski definition) is 4. The van der Waals surface area contributed by atoms with Crippen LogP contribution in [0.5, 0.6) is 5.75 Å². The van der Waals surface area contributed by atoms with Crippen LogP contribution in [0.15, 0.2) is 42.5 Å². The number of aryl methyl sites for hydroxylation is 1. The molecule has 2 aliphatic heterocycles. The summed E-state index contributed by atoms with van der Waals surface area (Å²) < 4.78 is 5.43. The number of ether oxygens (including phenoxy) is 1. The summed E-state index contributed by atoms with van der Waals surface area (Å²) in [4.78, 5) is 31.6. The highest BCUT2D eigenvalue weighted by Crippen LogP contribution is 2.34. The summed E-state index contributed by atoms with van der Waals surface area (Å²) in [6, 6.07) is 13.5. The highest BCUT2D eigenvalue weighted by Gasteiger charge is 2.38. The summed E-state index contributed by atoms with van der Waals surface area (Å²) in [6.07, 6.45) is 0.241. The van der Waals surface area contributed by atoms with Crippen LogP contribution in [0.25, 0.3) is 0 Å². The molecule has 0 aliphatic carbocycles. The van der Waals surface area contributed by atoms with Gasteiger partial charge in [0.15, 0.2) is 0 Å². The van der Waals surface area contributed by atoms with Gasteiger partial charge in [-0.05, 0) is 42.8 Å². The van der Waals surface area contributed by atoms with Gasteiger partial charge in [0.25, 0.3) is 0 Å². The molecule has 0 aromatic heterocycles. The first kappa shape index (κ1) is 20.5. The molecule has 158 valence electrons. The van der Waals surface area contributed by atoms with Gasteiger partial charge in [0.05, 0.1) is 18.7 Å². The SMILES string of the molecule is COc1ccc(C)cc1N1CC(C(=O)N2CCN(c3cccc(Cl)c3)CC2)CC1=O. The Hall–Kier alpha value is -2.73. The van der Waals surface area contributed by atoms with Crippen molar-refractivity contribution in [3.8, 4) is 5.75 Å². The maximum absolute atomic E-state index is 13.1. The van der Waals surface area contributed by atoms with Crippen molar-refractivity contribution in [2.45, 2.75) is 13.3 Å². The van der Waals surface area contributed by atoms with Crippen LogP contribution in [-0.2, 0) is 9.59 Å². The largest absolute Gasteiger partial charge is 0.495 e. The molecule has 2 aromatic carbocycles. The van der Waals surface area contributed by atoms with Crippen LogP contribution in [-0.4, -0.2) is 56.5 Å². The van der Waals surface area contributed by atoms with Crippen molar-refractivity contribution in [3.05, 3.63) is 53.1 Å². The Morgan fingerprint density at radius 1 is 1.10 bits per heavy atom. The molecule has 1 unspecified atom stereocenters. The average molecular weight is 428 g/mol. The molecule has 30 heavy (non-hydrogen) atoms. The highest BCUT2D eigenvalue weighted by molar-refractivity contribution is 6.30. The number of benzene rings is 2. The summed E-state index contributed by atoms with van der Waals surface area (Å²) >= 11 is 6.10. The van der Waals surface area contributed by atoms with Crippen LogP contribution < -0.4 is 14.5 Å². The summed E-state index contributed by atoms with van der Waals surface area (Å²) in [6.45, 7) is 5.16. The molecule has 0 radical (unpaired) electrons. The van der Waals surface area contributed by atoms with Gasteiger partial charge in [0.2, 0.25) is 11.8 Å². The first-order valence-electron chi connectivity index (χ1n) is 10.2. The van der Waals surface area contributed by atoms with Gasteiger partial charge in [-0.3, -0.25) is 9.59 Å². The number of carbonyl (C=O) groups is 2. The molecule has 1 atom stereocenters. The van der Waals surface area contributed by atoms with Gasteiger partial charge in [-0.2, -0.15) is 0 Å². The standard InChI is InChI=1S/C23H26ClN3O3/c1-16-6-7-21(30-2)20(12-16)27-15-17(13-22(27)28)23(29)26-10-8-25(9-11-26)19-5-3-4-18(24)14-19/h3-7,12,14,17H,8-11,13,15H2,1-2H3. The van der Waals surface area contributed by atoms with E-state index in [1.54, 1.807) is 12.0 Å². The van der Waals surface area contributed by atoms with E-state index in [4.69, 9.17) is 16.3 Å². The predicted octanol–water partition coefficient (Wildman–Crippen LogP) is 3.36. The third kappa shape index (κ3) is 4.10. The number of amides is 2. The fourth-order valence-corrected chi connectivity index (χ4v) is 4.42. The number of halogens is 1. The monoisotopic (exact) mass is 427 g/mol. The normalized spacial score (nSPS) is 19.4. The van der Waals surface area contributed by atoms with Crippen LogP contribution in [0.1, 0.15) is 12.0 Å². The van der Waals surface area contributed by atoms with Gasteiger partial charge in [-0.1, -0.05) is 23.7 Å². The summed E-state index contributed by atoms with van der Waals surface area (Å²) in [5.41, 5.74) is 2.86. The minimum Gasteiger partial charge on any atom is -0.495 e. The molecule has 0 spiro atoms. The zero-order valence-electron chi connectivity index (χ0n) is 17.3. The number of rotatable bonds is 4. The van der Waals surface area contributed by atoms with E-state index in [1.165, 1.54) is 0 Å². The maximum atomic E-state index is 13.1. The van der Waals surface area contributed by atoms with E-state index in [2.05, 4.69) is 4.90 Å². The van der Waals surface area contributed by atoms with Crippen molar-refractivity contribution in [2.24, 2.45) is 5.92 Å². The van der Waals surface area contributed by atoms with Crippen molar-refractivity contribution in [3.63, 3.8) is 0 Å². The van der Waals surface area contributed by atoms with Gasteiger partial charge in [-0.15, -0.1) is 0 Å². The number of hydrogen-bond donors (Lipinski definition) is 0. The van der Waals surface area contributed by atoms with E-state index in [9.17, 15) is 9.59 Å². The molecule has 0 bridgehead atoms. The number of carbonyl (C=O) groups excluding carboxylic acids is 2. The average Bonchev–Trinajstić information content (AvgIpc) is 3.14. The van der Waals surface area contributed by atoms with Gasteiger partial charge in [-0.25, -0.2) is 0 Å². The van der Waals surface area contributed by atoms with Crippen LogP contribution >= 0.6 is 11.6 Å². The van der Waals surface area contributed by atoms with Gasteiger partial charge >= 0.3 is 0 Å². The second-order valence-corrected chi connectivity index (χ2v) is 8.31. The van der Waals surface area contributed by atoms with Crippen molar-refractivity contribution < 1.29 is 14.3 Å². The maximum Gasteiger partial charge on any atom is 0.228 e. The molecule has 2 amide bonds. The zero-order valence-corrected chi connectivity index (χ0v) is 18.1. The Morgan fingerprint density at radius 3 is 2.57 bits per heavy atom. The van der Waals surface area contributed by atoms with Gasteiger partial charge in [0, 0.05) is 49.9 Å². The van der Waals surface area contributed by atoms with Crippen LogP contribution in [0.4, 0.5) is 11.4 Å². The van der Waals surface area contributed by atoms with Gasteiger partial charge in [0.1, 0.15) is 5.75 Å². The Labute approximate surface area is 182 Å². The van der Waals surface area contributed by atoms with Crippen molar-refractivity contribution in [1.29, 1.82) is 0 Å². The lowest BCUT2D eigenvalue weighted by Gasteiger charge is -2.37. The zero-order chi connectivity index (χ0) is 21.3. The van der Waals surface area contributed by atoms with E-state index in [0.717, 1.165) is 30.0 Å². The Balaban J connectivity index is 1.41. The minimum absolute atomic E-state index is 0.0326. The van der Waals surface area contributed by atoms with E-state index in [-0.39, 0.29) is 24.2 Å². The summed E-state index contributed by atoms with van der Waals surface area (Å²) in [5.74, 6) is 0.357. The summed E-state index contributed by atoms with van der Waals surface area (Å²) in [5, 5.41) is 0.710. The lowest BCUT2D eigenvalue weighted by molar-refractivity contribution is -0.136. The lowest BCUT2D eigenvalue weighted by atomic mass is 10.1. The molecule has 2 saturated heterocycles. The Morgan fingerprint density at radius 2 is 1.87 bits per heavy atom. The van der Waals surface area contributed by atoms with Crippen LogP contribution in [0.2, 0.25) is 5.02 Å². The summed E-state index contributed by atoms with van der Waals surface area (Å²) in [7, 11) is 1.59. The Bertz CT molecular complexity index is 956. The van der Waals surface area contributed by atoms with Gasteiger partial charge < -0.3 is 19.4 Å². The first-order valence-corrected chi connectivity index (χ1v) is 10.6. The molecule has 7 heteroatoms. The lowest BCUT2D eigenvalue weighted by Crippen LogP contribution is -2.50. The fraction of sp³-hybridized carbons (Fsp3) is 0.391. The van der Waals surface area contributed by atoms with Crippen molar-refractivity contribution >= 4 is 34.8 Å². The number of nitrogens with zero attached hydrogens (tertiary/aromatic N) is 3. The topological polar surface area (TPSA) is 53.1 Å². The van der Waals surface area contributed by atoms with Crippen molar-refractivity contribution in [1.82, 2.24) is 4.90 Å². The smallest absolute Gasteiger partial charge is 0.228 e. The molecule has 2 aliphatic rings. The van der Waals surface area contributed by atoms with Crippen LogP contribution in [0, 0.1) is 12.8 Å². The molecule has 4 rings (SSSR count). The third-order valence-corrected chi connectivity index (χ3v) is 6.10.